The second-order valence-corrected chi connectivity index (χ2v) is 5.38. The lowest BCUT2D eigenvalue weighted by Gasteiger charge is -2.13. The molecule has 0 saturated heterocycles. The number of carboxylic acid groups (broad SMARTS) is 1. The predicted octanol–water partition coefficient (Wildman–Crippen LogP) is 3.87. The van der Waals surface area contributed by atoms with E-state index in [1.54, 1.807) is 30.5 Å². The van der Waals surface area contributed by atoms with E-state index < -0.39 is 11.9 Å². The van der Waals surface area contributed by atoms with Gasteiger partial charge in [0.05, 0.1) is 5.92 Å². The molecule has 0 aliphatic rings. The predicted molar refractivity (Wildman–Crippen MR) is 79.2 cm³/mol. The van der Waals surface area contributed by atoms with E-state index in [0.29, 0.717) is 23.0 Å². The van der Waals surface area contributed by atoms with Gasteiger partial charge in [0.25, 0.3) is 0 Å². The Labute approximate surface area is 127 Å². The van der Waals surface area contributed by atoms with Crippen LogP contribution in [0.4, 0.5) is 0 Å². The van der Waals surface area contributed by atoms with Crippen LogP contribution in [-0.2, 0) is 17.6 Å². The normalized spacial score (nSPS) is 12.1. The molecule has 2 aromatic rings. The molecule has 104 valence electrons. The number of carboxylic acids is 1. The van der Waals surface area contributed by atoms with Gasteiger partial charge < -0.3 is 5.11 Å². The zero-order chi connectivity index (χ0) is 14.5. The van der Waals surface area contributed by atoms with E-state index in [1.165, 1.54) is 0 Å². The van der Waals surface area contributed by atoms with Crippen molar-refractivity contribution in [1.29, 1.82) is 0 Å². The minimum absolute atomic E-state index is 0.370. The van der Waals surface area contributed by atoms with Crippen LogP contribution in [0.3, 0.4) is 0 Å². The number of carbonyl (C=O) groups is 1. The van der Waals surface area contributed by atoms with Crippen LogP contribution in [0.2, 0.25) is 10.2 Å². The highest BCUT2D eigenvalue weighted by molar-refractivity contribution is 6.30. The van der Waals surface area contributed by atoms with Gasteiger partial charge in [-0.25, -0.2) is 4.98 Å². The minimum Gasteiger partial charge on any atom is -0.481 e. The Balaban J connectivity index is 2.13. The summed E-state index contributed by atoms with van der Waals surface area (Å²) in [7, 11) is 0. The van der Waals surface area contributed by atoms with Gasteiger partial charge in [-0.15, -0.1) is 0 Å². The zero-order valence-corrected chi connectivity index (χ0v) is 12.1. The summed E-state index contributed by atoms with van der Waals surface area (Å²) in [4.78, 5) is 15.3. The number of hydrogen-bond donors (Lipinski definition) is 1. The van der Waals surface area contributed by atoms with Gasteiger partial charge in [0.1, 0.15) is 5.15 Å². The van der Waals surface area contributed by atoms with Crippen molar-refractivity contribution < 1.29 is 9.90 Å². The molecule has 0 radical (unpaired) electrons. The smallest absolute Gasteiger partial charge is 0.307 e. The average Bonchev–Trinajstić information content (AvgIpc) is 2.38. The summed E-state index contributed by atoms with van der Waals surface area (Å²) in [6.45, 7) is 0. The van der Waals surface area contributed by atoms with Crippen molar-refractivity contribution in [1.82, 2.24) is 4.98 Å². The maximum atomic E-state index is 11.4. The number of benzene rings is 1. The Hall–Kier alpha value is -1.58. The van der Waals surface area contributed by atoms with Crippen LogP contribution in [0.15, 0.2) is 42.6 Å². The Morgan fingerprint density at radius 1 is 1.15 bits per heavy atom. The van der Waals surface area contributed by atoms with Crippen molar-refractivity contribution in [2.45, 2.75) is 12.8 Å². The highest BCUT2D eigenvalue weighted by Gasteiger charge is 2.19. The first-order valence-electron chi connectivity index (χ1n) is 6.12. The number of halogens is 2. The van der Waals surface area contributed by atoms with E-state index in [-0.39, 0.29) is 0 Å². The highest BCUT2D eigenvalue weighted by atomic mass is 35.5. The average molecular weight is 310 g/mol. The molecule has 20 heavy (non-hydrogen) atoms. The van der Waals surface area contributed by atoms with Crippen molar-refractivity contribution in [3.63, 3.8) is 0 Å². The molecule has 1 heterocycles. The topological polar surface area (TPSA) is 50.2 Å². The summed E-state index contributed by atoms with van der Waals surface area (Å²) in [6, 6.07) is 10.7. The maximum Gasteiger partial charge on any atom is 0.307 e. The van der Waals surface area contributed by atoms with Gasteiger partial charge in [-0.3, -0.25) is 4.79 Å². The van der Waals surface area contributed by atoms with Crippen LogP contribution in [0.25, 0.3) is 0 Å². The van der Waals surface area contributed by atoms with E-state index in [4.69, 9.17) is 23.2 Å². The molecular weight excluding hydrogens is 297 g/mol. The molecule has 3 nitrogen and oxygen atoms in total. The Morgan fingerprint density at radius 2 is 1.85 bits per heavy atom. The molecule has 0 aliphatic carbocycles. The van der Waals surface area contributed by atoms with Crippen molar-refractivity contribution in [2.24, 2.45) is 5.92 Å². The third-order valence-corrected chi connectivity index (χ3v) is 3.44. The summed E-state index contributed by atoms with van der Waals surface area (Å²) in [5, 5.41) is 10.3. The summed E-state index contributed by atoms with van der Waals surface area (Å²) in [5.74, 6) is -1.36. The number of aromatic nitrogens is 1. The molecule has 1 aromatic carbocycles. The van der Waals surface area contributed by atoms with Crippen LogP contribution < -0.4 is 0 Å². The first-order chi connectivity index (χ1) is 9.54. The van der Waals surface area contributed by atoms with Crippen LogP contribution in [-0.4, -0.2) is 16.1 Å². The van der Waals surface area contributed by atoms with Gasteiger partial charge in [-0.05, 0) is 48.2 Å². The van der Waals surface area contributed by atoms with Crippen molar-refractivity contribution in [3.8, 4) is 0 Å². The molecule has 0 saturated carbocycles. The third kappa shape index (κ3) is 4.22. The summed E-state index contributed by atoms with van der Waals surface area (Å²) >= 11 is 11.7. The van der Waals surface area contributed by atoms with Crippen molar-refractivity contribution in [3.05, 3.63) is 63.9 Å². The molecule has 0 spiro atoms. The van der Waals surface area contributed by atoms with Gasteiger partial charge in [0.2, 0.25) is 0 Å². The molecule has 5 heteroatoms. The van der Waals surface area contributed by atoms with Crippen LogP contribution in [0.5, 0.6) is 0 Å². The highest BCUT2D eigenvalue weighted by Crippen LogP contribution is 2.19. The number of pyridine rings is 1. The standard InChI is InChI=1S/C15H13Cl2NO2/c16-13-3-1-2-10(8-13)6-12(15(19)20)7-11-4-5-18-14(17)9-11/h1-5,8-9,12H,6-7H2,(H,19,20). The summed E-state index contributed by atoms with van der Waals surface area (Å²) in [6.07, 6.45) is 2.41. The number of nitrogens with zero attached hydrogens (tertiary/aromatic N) is 1. The molecule has 1 N–H and O–H groups in total. The fourth-order valence-corrected chi connectivity index (χ4v) is 2.46. The van der Waals surface area contributed by atoms with Gasteiger partial charge in [-0.2, -0.15) is 0 Å². The molecular formula is C15H13Cl2NO2. The second-order valence-electron chi connectivity index (χ2n) is 4.56. The van der Waals surface area contributed by atoms with Crippen molar-refractivity contribution >= 4 is 29.2 Å². The maximum absolute atomic E-state index is 11.4. The summed E-state index contributed by atoms with van der Waals surface area (Å²) in [5.41, 5.74) is 1.77. The SMILES string of the molecule is O=C(O)C(Cc1cccc(Cl)c1)Cc1ccnc(Cl)c1. The summed E-state index contributed by atoms with van der Waals surface area (Å²) < 4.78 is 0. The fraction of sp³-hybridized carbons (Fsp3) is 0.200. The van der Waals surface area contributed by atoms with Gasteiger partial charge in [0, 0.05) is 11.2 Å². The monoisotopic (exact) mass is 309 g/mol. The molecule has 2 rings (SSSR count). The first-order valence-corrected chi connectivity index (χ1v) is 6.88. The Bertz CT molecular complexity index is 569. The number of rotatable bonds is 5. The van der Waals surface area contributed by atoms with Gasteiger partial charge in [-0.1, -0.05) is 35.3 Å². The quantitative estimate of drug-likeness (QED) is 0.853. The Morgan fingerprint density at radius 3 is 2.45 bits per heavy atom. The van der Waals surface area contributed by atoms with Gasteiger partial charge >= 0.3 is 5.97 Å². The molecule has 0 aliphatic heterocycles. The molecule has 0 amide bonds. The van der Waals surface area contributed by atoms with Crippen LogP contribution in [0.1, 0.15) is 11.1 Å². The number of aliphatic carboxylic acids is 1. The molecule has 1 atom stereocenters. The Kier molecular flexibility index (Phi) is 4.99. The second kappa shape index (κ2) is 6.73. The van der Waals surface area contributed by atoms with E-state index in [2.05, 4.69) is 4.98 Å². The van der Waals surface area contributed by atoms with E-state index in [9.17, 15) is 9.90 Å². The van der Waals surface area contributed by atoms with E-state index in [0.717, 1.165) is 11.1 Å². The lowest BCUT2D eigenvalue weighted by molar-refractivity contribution is -0.141. The minimum atomic E-state index is -0.835. The first kappa shape index (κ1) is 14.8. The van der Waals surface area contributed by atoms with Crippen LogP contribution >= 0.6 is 23.2 Å². The zero-order valence-electron chi connectivity index (χ0n) is 10.6. The largest absolute Gasteiger partial charge is 0.481 e. The molecule has 1 unspecified atom stereocenters. The van der Waals surface area contributed by atoms with E-state index in [1.807, 2.05) is 12.1 Å². The van der Waals surface area contributed by atoms with Crippen LogP contribution in [0, 0.1) is 5.92 Å². The molecule has 0 bridgehead atoms. The molecule has 0 fully saturated rings. The fourth-order valence-electron chi connectivity index (χ4n) is 2.05. The third-order valence-electron chi connectivity index (χ3n) is 2.99. The van der Waals surface area contributed by atoms with E-state index >= 15 is 0 Å². The van der Waals surface area contributed by atoms with Gasteiger partial charge in [0.15, 0.2) is 0 Å². The lowest BCUT2D eigenvalue weighted by Crippen LogP contribution is -2.19. The van der Waals surface area contributed by atoms with Crippen molar-refractivity contribution in [2.75, 3.05) is 0 Å². The lowest BCUT2D eigenvalue weighted by atomic mass is 9.93. The molecule has 1 aromatic heterocycles. The number of hydrogen-bond acceptors (Lipinski definition) is 2.